The Balaban J connectivity index is 2.40. The zero-order valence-corrected chi connectivity index (χ0v) is 11.0. The summed E-state index contributed by atoms with van der Waals surface area (Å²) in [5, 5.41) is 5.70. The van der Waals surface area contributed by atoms with Gasteiger partial charge in [-0.3, -0.25) is 4.68 Å². The van der Waals surface area contributed by atoms with E-state index in [9.17, 15) is 0 Å². The van der Waals surface area contributed by atoms with Crippen LogP contribution in [0.2, 0.25) is 0 Å². The molecule has 0 aliphatic carbocycles. The number of rotatable bonds is 1. The Morgan fingerprint density at radius 2 is 1.76 bits per heavy atom. The number of hydrogen-bond acceptors (Lipinski definition) is 1. The molecule has 3 rings (SSSR count). The first-order chi connectivity index (χ1) is 8.27. The molecule has 0 unspecified atom stereocenters. The fourth-order valence-electron chi connectivity index (χ4n) is 2.13. The standard InChI is InChI=1S/C14H11BrN2/c1-17-14(10-6-3-2-4-7-10)13-11(15)8-5-9-12(13)16-17/h2-9H,1H3. The zero-order valence-electron chi connectivity index (χ0n) is 9.39. The molecule has 3 aromatic rings. The van der Waals surface area contributed by atoms with E-state index in [1.54, 1.807) is 0 Å². The highest BCUT2D eigenvalue weighted by Gasteiger charge is 2.12. The molecular weight excluding hydrogens is 276 g/mol. The second-order valence-corrected chi connectivity index (χ2v) is 4.83. The Morgan fingerprint density at radius 3 is 2.53 bits per heavy atom. The van der Waals surface area contributed by atoms with E-state index in [0.717, 1.165) is 15.7 Å². The van der Waals surface area contributed by atoms with E-state index in [1.165, 1.54) is 10.9 Å². The number of aromatic nitrogens is 2. The van der Waals surface area contributed by atoms with Crippen molar-refractivity contribution >= 4 is 26.8 Å². The quantitative estimate of drug-likeness (QED) is 0.661. The maximum atomic E-state index is 4.54. The van der Waals surface area contributed by atoms with Crippen molar-refractivity contribution in [3.05, 3.63) is 53.0 Å². The lowest BCUT2D eigenvalue weighted by molar-refractivity contribution is 0.788. The first-order valence-electron chi connectivity index (χ1n) is 5.44. The molecule has 0 atom stereocenters. The van der Waals surface area contributed by atoms with Gasteiger partial charge in [0.1, 0.15) is 0 Å². The Kier molecular flexibility index (Phi) is 2.48. The van der Waals surface area contributed by atoms with Crippen LogP contribution in [-0.4, -0.2) is 9.78 Å². The SMILES string of the molecule is Cn1nc2cccc(Br)c2c1-c1ccccc1. The summed E-state index contributed by atoms with van der Waals surface area (Å²) in [5.74, 6) is 0. The van der Waals surface area contributed by atoms with E-state index in [-0.39, 0.29) is 0 Å². The topological polar surface area (TPSA) is 17.8 Å². The summed E-state index contributed by atoms with van der Waals surface area (Å²) in [6.07, 6.45) is 0. The molecule has 2 aromatic carbocycles. The molecule has 17 heavy (non-hydrogen) atoms. The summed E-state index contributed by atoms with van der Waals surface area (Å²) in [6, 6.07) is 16.4. The van der Waals surface area contributed by atoms with Crippen LogP contribution < -0.4 is 0 Å². The Labute approximate surface area is 108 Å². The minimum absolute atomic E-state index is 1.01. The highest BCUT2D eigenvalue weighted by Crippen LogP contribution is 2.33. The van der Waals surface area contributed by atoms with Crippen molar-refractivity contribution in [3.8, 4) is 11.3 Å². The van der Waals surface area contributed by atoms with Crippen LogP contribution in [0.1, 0.15) is 0 Å². The second-order valence-electron chi connectivity index (χ2n) is 3.97. The van der Waals surface area contributed by atoms with Crippen molar-refractivity contribution in [2.24, 2.45) is 7.05 Å². The van der Waals surface area contributed by atoms with Crippen molar-refractivity contribution in [1.29, 1.82) is 0 Å². The maximum Gasteiger partial charge on any atom is 0.0941 e. The minimum Gasteiger partial charge on any atom is -0.267 e. The summed E-state index contributed by atoms with van der Waals surface area (Å²) < 4.78 is 3.02. The van der Waals surface area contributed by atoms with Crippen molar-refractivity contribution in [1.82, 2.24) is 9.78 Å². The van der Waals surface area contributed by atoms with E-state index in [0.29, 0.717) is 0 Å². The van der Waals surface area contributed by atoms with Crippen LogP contribution in [-0.2, 0) is 7.05 Å². The molecule has 0 saturated heterocycles. The molecule has 3 heteroatoms. The van der Waals surface area contributed by atoms with Crippen LogP contribution in [0.25, 0.3) is 22.2 Å². The summed E-state index contributed by atoms with van der Waals surface area (Å²) in [6.45, 7) is 0. The van der Waals surface area contributed by atoms with Crippen LogP contribution in [0.4, 0.5) is 0 Å². The van der Waals surface area contributed by atoms with Gasteiger partial charge >= 0.3 is 0 Å². The number of nitrogens with zero attached hydrogens (tertiary/aromatic N) is 2. The molecule has 1 heterocycles. The van der Waals surface area contributed by atoms with Crippen molar-refractivity contribution in [3.63, 3.8) is 0 Å². The molecular formula is C14H11BrN2. The molecule has 0 spiro atoms. The predicted molar refractivity (Wildman–Crippen MR) is 73.9 cm³/mol. The molecule has 0 saturated carbocycles. The highest BCUT2D eigenvalue weighted by molar-refractivity contribution is 9.10. The third-order valence-electron chi connectivity index (χ3n) is 2.86. The molecule has 0 aliphatic heterocycles. The van der Waals surface area contributed by atoms with Gasteiger partial charge in [0.15, 0.2) is 0 Å². The van der Waals surface area contributed by atoms with Crippen molar-refractivity contribution in [2.45, 2.75) is 0 Å². The Hall–Kier alpha value is -1.61. The van der Waals surface area contributed by atoms with Gasteiger partial charge in [0, 0.05) is 22.5 Å². The minimum atomic E-state index is 1.01. The van der Waals surface area contributed by atoms with Gasteiger partial charge in [0.25, 0.3) is 0 Å². The maximum absolute atomic E-state index is 4.54. The molecule has 2 nitrogen and oxygen atoms in total. The van der Waals surface area contributed by atoms with Gasteiger partial charge in [0.05, 0.1) is 11.2 Å². The van der Waals surface area contributed by atoms with Gasteiger partial charge in [-0.25, -0.2) is 0 Å². The summed E-state index contributed by atoms with van der Waals surface area (Å²) in [5.41, 5.74) is 3.35. The Morgan fingerprint density at radius 1 is 1.00 bits per heavy atom. The van der Waals surface area contributed by atoms with E-state index < -0.39 is 0 Å². The van der Waals surface area contributed by atoms with Gasteiger partial charge in [0.2, 0.25) is 0 Å². The fourth-order valence-corrected chi connectivity index (χ4v) is 2.67. The summed E-state index contributed by atoms with van der Waals surface area (Å²) in [7, 11) is 1.98. The van der Waals surface area contributed by atoms with Gasteiger partial charge in [-0.2, -0.15) is 5.10 Å². The zero-order chi connectivity index (χ0) is 11.8. The fraction of sp³-hybridized carbons (Fsp3) is 0.0714. The average molecular weight is 287 g/mol. The lowest BCUT2D eigenvalue weighted by Crippen LogP contribution is -1.93. The summed E-state index contributed by atoms with van der Waals surface area (Å²) in [4.78, 5) is 0. The molecule has 1 aromatic heterocycles. The Bertz CT molecular complexity index is 671. The van der Waals surface area contributed by atoms with E-state index in [4.69, 9.17) is 0 Å². The van der Waals surface area contributed by atoms with Crippen LogP contribution in [0.3, 0.4) is 0 Å². The number of hydrogen-bond donors (Lipinski definition) is 0. The first-order valence-corrected chi connectivity index (χ1v) is 6.23. The van der Waals surface area contributed by atoms with E-state index in [1.807, 2.05) is 42.1 Å². The first kappa shape index (κ1) is 10.5. The van der Waals surface area contributed by atoms with Crippen LogP contribution >= 0.6 is 15.9 Å². The largest absolute Gasteiger partial charge is 0.267 e. The van der Waals surface area contributed by atoms with Gasteiger partial charge in [-0.1, -0.05) is 52.3 Å². The van der Waals surface area contributed by atoms with Crippen molar-refractivity contribution < 1.29 is 0 Å². The lowest BCUT2D eigenvalue weighted by atomic mass is 10.1. The highest BCUT2D eigenvalue weighted by atomic mass is 79.9. The monoisotopic (exact) mass is 286 g/mol. The molecule has 0 N–H and O–H groups in total. The number of benzene rings is 2. The molecule has 0 fully saturated rings. The third-order valence-corrected chi connectivity index (χ3v) is 3.52. The van der Waals surface area contributed by atoms with Crippen LogP contribution in [0.5, 0.6) is 0 Å². The number of fused-ring (bicyclic) bond motifs is 1. The number of halogens is 1. The van der Waals surface area contributed by atoms with Gasteiger partial charge in [-0.15, -0.1) is 0 Å². The van der Waals surface area contributed by atoms with Gasteiger partial charge < -0.3 is 0 Å². The molecule has 0 radical (unpaired) electrons. The van der Waals surface area contributed by atoms with Crippen molar-refractivity contribution in [2.75, 3.05) is 0 Å². The summed E-state index contributed by atoms with van der Waals surface area (Å²) >= 11 is 3.60. The van der Waals surface area contributed by atoms with E-state index in [2.05, 4.69) is 39.2 Å². The van der Waals surface area contributed by atoms with Crippen LogP contribution in [0, 0.1) is 0 Å². The van der Waals surface area contributed by atoms with Crippen LogP contribution in [0.15, 0.2) is 53.0 Å². The molecule has 0 aliphatic rings. The molecule has 0 bridgehead atoms. The molecule has 84 valence electrons. The van der Waals surface area contributed by atoms with E-state index >= 15 is 0 Å². The average Bonchev–Trinajstić information content (AvgIpc) is 2.68. The second kappa shape index (κ2) is 4.00. The normalized spacial score (nSPS) is 10.9. The lowest BCUT2D eigenvalue weighted by Gasteiger charge is -2.03. The smallest absolute Gasteiger partial charge is 0.0941 e. The predicted octanol–water partition coefficient (Wildman–Crippen LogP) is 4.00. The number of aryl methyl sites for hydroxylation is 1. The molecule has 0 amide bonds. The van der Waals surface area contributed by atoms with Gasteiger partial charge in [-0.05, 0) is 12.1 Å². The third kappa shape index (κ3) is 1.67.